The molecule has 0 saturated carbocycles. The van der Waals surface area contributed by atoms with Gasteiger partial charge in [-0.1, -0.05) is 6.07 Å². The smallest absolute Gasteiger partial charge is 0.242 e. The lowest BCUT2D eigenvalue weighted by Gasteiger charge is -2.25. The highest BCUT2D eigenvalue weighted by atomic mass is 32.2. The average Bonchev–Trinajstić information content (AvgIpc) is 3.27. The second-order valence-corrected chi connectivity index (χ2v) is 7.54. The number of furan rings is 1. The van der Waals surface area contributed by atoms with Gasteiger partial charge >= 0.3 is 0 Å². The van der Waals surface area contributed by atoms with Gasteiger partial charge in [-0.05, 0) is 35.7 Å². The van der Waals surface area contributed by atoms with Crippen molar-refractivity contribution in [1.82, 2.24) is 9.71 Å². The highest BCUT2D eigenvalue weighted by molar-refractivity contribution is 7.89. The lowest BCUT2D eigenvalue weighted by Crippen LogP contribution is -2.40. The fourth-order valence-corrected chi connectivity index (χ4v) is 3.96. The lowest BCUT2D eigenvalue weighted by molar-refractivity contribution is 0.0655. The summed E-state index contributed by atoms with van der Waals surface area (Å²) in [5.41, 5.74) is -1.58. The van der Waals surface area contributed by atoms with Crippen LogP contribution in [0.15, 0.2) is 69.7 Å². The molecule has 0 bridgehead atoms. The van der Waals surface area contributed by atoms with Crippen molar-refractivity contribution < 1.29 is 17.9 Å². The monoisotopic (exact) mass is 350 g/mol. The molecule has 1 unspecified atom stereocenters. The number of aromatic nitrogens is 1. The molecule has 0 saturated heterocycles. The summed E-state index contributed by atoms with van der Waals surface area (Å²) in [4.78, 5) is 4.42. The molecule has 2 N–H and O–H groups in total. The Morgan fingerprint density at radius 3 is 2.74 bits per heavy atom. The Balaban J connectivity index is 1.89. The van der Waals surface area contributed by atoms with Gasteiger partial charge < -0.3 is 9.52 Å². The Bertz CT molecular complexity index is 810. The molecule has 0 aliphatic heterocycles. The van der Waals surface area contributed by atoms with Gasteiger partial charge in [0.15, 0.2) is 5.60 Å². The number of nitrogens with zero attached hydrogens (tertiary/aromatic N) is 1. The van der Waals surface area contributed by atoms with Gasteiger partial charge in [-0.2, -0.15) is 0 Å². The van der Waals surface area contributed by atoms with Crippen molar-refractivity contribution in [2.45, 2.75) is 10.5 Å². The first kappa shape index (κ1) is 15.9. The quantitative estimate of drug-likeness (QED) is 0.709. The van der Waals surface area contributed by atoms with Crippen molar-refractivity contribution in [3.8, 4) is 0 Å². The van der Waals surface area contributed by atoms with E-state index < -0.39 is 15.6 Å². The topological polar surface area (TPSA) is 92.4 Å². The summed E-state index contributed by atoms with van der Waals surface area (Å²) >= 11 is 1.32. The molecule has 1 atom stereocenters. The first-order chi connectivity index (χ1) is 11.0. The molecule has 0 aliphatic carbocycles. The number of nitrogens with one attached hydrogen (secondary N) is 1. The van der Waals surface area contributed by atoms with Crippen LogP contribution in [-0.2, 0) is 15.6 Å². The minimum Gasteiger partial charge on any atom is -0.466 e. The maximum absolute atomic E-state index is 12.3. The van der Waals surface area contributed by atoms with Crippen molar-refractivity contribution in [3.63, 3.8) is 0 Å². The van der Waals surface area contributed by atoms with Crippen molar-refractivity contribution >= 4 is 21.4 Å². The summed E-state index contributed by atoms with van der Waals surface area (Å²) < 4.78 is 32.4. The van der Waals surface area contributed by atoms with Crippen LogP contribution < -0.4 is 4.72 Å². The summed E-state index contributed by atoms with van der Waals surface area (Å²) in [6.07, 6.45) is 4.17. The number of thiophene rings is 1. The Morgan fingerprint density at radius 2 is 2.13 bits per heavy atom. The predicted octanol–water partition coefficient (Wildman–Crippen LogP) is 1.95. The lowest BCUT2D eigenvalue weighted by atomic mass is 9.99. The van der Waals surface area contributed by atoms with Crippen molar-refractivity contribution in [3.05, 3.63) is 71.1 Å². The number of sulfonamides is 1. The van der Waals surface area contributed by atoms with Crippen LogP contribution in [0.2, 0.25) is 0 Å². The highest BCUT2D eigenvalue weighted by Gasteiger charge is 2.37. The Labute approximate surface area is 137 Å². The molecule has 0 aromatic carbocycles. The molecule has 120 valence electrons. The zero-order valence-electron chi connectivity index (χ0n) is 11.9. The minimum absolute atomic E-state index is 0.0352. The molecule has 6 nitrogen and oxygen atoms in total. The van der Waals surface area contributed by atoms with Gasteiger partial charge in [-0.25, -0.2) is 13.1 Å². The van der Waals surface area contributed by atoms with E-state index in [1.807, 2.05) is 0 Å². The molecule has 8 heteroatoms. The van der Waals surface area contributed by atoms with Crippen LogP contribution in [0.3, 0.4) is 0 Å². The third-order valence-corrected chi connectivity index (χ3v) is 5.73. The molecule has 0 aliphatic rings. The van der Waals surface area contributed by atoms with Gasteiger partial charge in [0.25, 0.3) is 0 Å². The van der Waals surface area contributed by atoms with E-state index in [1.165, 1.54) is 42.1 Å². The Morgan fingerprint density at radius 1 is 1.26 bits per heavy atom. The van der Waals surface area contributed by atoms with Gasteiger partial charge in [0, 0.05) is 17.3 Å². The van der Waals surface area contributed by atoms with Crippen LogP contribution >= 0.6 is 11.3 Å². The van der Waals surface area contributed by atoms with E-state index in [4.69, 9.17) is 4.42 Å². The van der Waals surface area contributed by atoms with Crippen molar-refractivity contribution in [2.75, 3.05) is 6.54 Å². The van der Waals surface area contributed by atoms with Gasteiger partial charge in [-0.15, -0.1) is 11.3 Å². The Kier molecular flexibility index (Phi) is 4.31. The van der Waals surface area contributed by atoms with E-state index in [0.29, 0.717) is 4.88 Å². The minimum atomic E-state index is -3.79. The molecule has 0 spiro atoms. The van der Waals surface area contributed by atoms with Crippen LogP contribution in [0, 0.1) is 0 Å². The third kappa shape index (κ3) is 3.20. The van der Waals surface area contributed by atoms with E-state index in [9.17, 15) is 13.5 Å². The zero-order valence-corrected chi connectivity index (χ0v) is 13.5. The van der Waals surface area contributed by atoms with Gasteiger partial charge in [0.1, 0.15) is 10.7 Å². The van der Waals surface area contributed by atoms with Gasteiger partial charge in [-0.3, -0.25) is 4.98 Å². The van der Waals surface area contributed by atoms with E-state index in [1.54, 1.807) is 29.6 Å². The van der Waals surface area contributed by atoms with Crippen LogP contribution in [-0.4, -0.2) is 25.1 Å². The first-order valence-electron chi connectivity index (χ1n) is 6.72. The standard InChI is InChI=1S/C15H14N2O4S2/c18-15(13-5-2-8-21-13,14-6-3-9-22-14)11-17-23(19,20)12-4-1-7-16-10-12/h1-10,17-18H,11H2. The maximum atomic E-state index is 12.3. The number of aliphatic hydroxyl groups is 1. The molecule has 3 heterocycles. The van der Waals surface area contributed by atoms with Crippen LogP contribution in [0.1, 0.15) is 10.6 Å². The molecule has 3 aromatic heterocycles. The second-order valence-electron chi connectivity index (χ2n) is 4.83. The molecular formula is C15H14N2O4S2. The largest absolute Gasteiger partial charge is 0.466 e. The average molecular weight is 350 g/mol. The first-order valence-corrected chi connectivity index (χ1v) is 9.09. The fourth-order valence-electron chi connectivity index (χ4n) is 2.11. The Hall–Kier alpha value is -2.00. The molecule has 0 fully saturated rings. The molecule has 0 radical (unpaired) electrons. The van der Waals surface area contributed by atoms with E-state index in [-0.39, 0.29) is 17.2 Å². The van der Waals surface area contributed by atoms with Crippen molar-refractivity contribution in [2.24, 2.45) is 0 Å². The van der Waals surface area contributed by atoms with E-state index in [0.717, 1.165) is 0 Å². The van der Waals surface area contributed by atoms with Crippen LogP contribution in [0.25, 0.3) is 0 Å². The van der Waals surface area contributed by atoms with Crippen LogP contribution in [0.5, 0.6) is 0 Å². The summed E-state index contributed by atoms with van der Waals surface area (Å²) in [6.45, 7) is -0.252. The number of hydrogen-bond donors (Lipinski definition) is 2. The maximum Gasteiger partial charge on any atom is 0.242 e. The predicted molar refractivity (Wildman–Crippen MR) is 85.5 cm³/mol. The third-order valence-electron chi connectivity index (χ3n) is 3.32. The summed E-state index contributed by atoms with van der Waals surface area (Å²) in [5.74, 6) is 0.272. The normalized spacial score (nSPS) is 14.5. The SMILES string of the molecule is O=S(=O)(NCC(O)(c1ccco1)c1cccs1)c1cccnc1. The van der Waals surface area contributed by atoms with Gasteiger partial charge in [0.2, 0.25) is 10.0 Å². The number of pyridine rings is 1. The molecule has 0 amide bonds. The second kappa shape index (κ2) is 6.25. The fraction of sp³-hybridized carbons (Fsp3) is 0.133. The number of hydrogen-bond acceptors (Lipinski definition) is 6. The molecule has 3 aromatic rings. The van der Waals surface area contributed by atoms with E-state index >= 15 is 0 Å². The zero-order chi connectivity index (χ0) is 16.3. The van der Waals surface area contributed by atoms with Crippen LogP contribution in [0.4, 0.5) is 0 Å². The number of rotatable bonds is 6. The summed E-state index contributed by atoms with van der Waals surface area (Å²) in [5, 5.41) is 12.8. The molecule has 23 heavy (non-hydrogen) atoms. The van der Waals surface area contributed by atoms with E-state index in [2.05, 4.69) is 9.71 Å². The molecule has 3 rings (SSSR count). The molecular weight excluding hydrogens is 336 g/mol. The summed E-state index contributed by atoms with van der Waals surface area (Å²) in [6, 6.07) is 9.73. The van der Waals surface area contributed by atoms with Gasteiger partial charge in [0.05, 0.1) is 12.8 Å². The van der Waals surface area contributed by atoms with Crippen molar-refractivity contribution in [1.29, 1.82) is 0 Å². The summed E-state index contributed by atoms with van der Waals surface area (Å²) in [7, 11) is -3.79. The highest BCUT2D eigenvalue weighted by Crippen LogP contribution is 2.33.